The molecule has 0 bridgehead atoms. The molecule has 0 aliphatic heterocycles. The fraction of sp³-hybridized carbons (Fsp3) is 0.625. The summed E-state index contributed by atoms with van der Waals surface area (Å²) in [5.74, 6) is 0. The number of carbonyl (C=O) groups excluding carboxylic acids is 1. The largest absolute Gasteiger partial charge is 0.390 e. The number of aldehydes is 1. The highest BCUT2D eigenvalue weighted by Crippen LogP contribution is 2.00. The summed E-state index contributed by atoms with van der Waals surface area (Å²) in [7, 11) is 0. The monoisotopic (exact) mass is 158 g/mol. The fourth-order valence-corrected chi connectivity index (χ4v) is 0.653. The summed E-state index contributed by atoms with van der Waals surface area (Å²) in [6, 6.07) is 0. The standard InChI is InChI=1S/C8H14O3/c1-3-5-11-8(6-9)7(10)4-2/h3,6-8,10H,1,4-5H2,2H3. The maximum atomic E-state index is 10.3. The molecule has 0 aromatic heterocycles. The molecule has 64 valence electrons. The zero-order valence-corrected chi connectivity index (χ0v) is 6.69. The lowest BCUT2D eigenvalue weighted by Crippen LogP contribution is -2.29. The van der Waals surface area contributed by atoms with Crippen molar-refractivity contribution >= 4 is 6.29 Å². The first-order valence-electron chi connectivity index (χ1n) is 3.62. The van der Waals surface area contributed by atoms with Crippen molar-refractivity contribution in [1.29, 1.82) is 0 Å². The van der Waals surface area contributed by atoms with E-state index in [2.05, 4.69) is 6.58 Å². The van der Waals surface area contributed by atoms with Crippen LogP contribution in [-0.4, -0.2) is 30.2 Å². The summed E-state index contributed by atoms with van der Waals surface area (Å²) in [4.78, 5) is 10.3. The molecule has 2 atom stereocenters. The molecule has 0 heterocycles. The smallest absolute Gasteiger partial charge is 0.151 e. The van der Waals surface area contributed by atoms with E-state index >= 15 is 0 Å². The molecule has 0 amide bonds. The third-order valence-corrected chi connectivity index (χ3v) is 1.34. The van der Waals surface area contributed by atoms with Gasteiger partial charge in [-0.3, -0.25) is 0 Å². The Labute approximate surface area is 66.7 Å². The second-order valence-corrected chi connectivity index (χ2v) is 2.20. The van der Waals surface area contributed by atoms with Crippen molar-refractivity contribution in [3.8, 4) is 0 Å². The summed E-state index contributed by atoms with van der Waals surface area (Å²) in [6.07, 6.45) is 1.25. The van der Waals surface area contributed by atoms with Crippen molar-refractivity contribution in [3.05, 3.63) is 12.7 Å². The highest BCUT2D eigenvalue weighted by molar-refractivity contribution is 5.57. The number of hydrogen-bond acceptors (Lipinski definition) is 3. The van der Waals surface area contributed by atoms with E-state index in [1.165, 1.54) is 0 Å². The first-order valence-corrected chi connectivity index (χ1v) is 3.62. The minimum atomic E-state index is -0.710. The number of ether oxygens (including phenoxy) is 1. The maximum Gasteiger partial charge on any atom is 0.151 e. The van der Waals surface area contributed by atoms with Crippen LogP contribution in [-0.2, 0) is 9.53 Å². The fourth-order valence-electron chi connectivity index (χ4n) is 0.653. The molecule has 3 nitrogen and oxygen atoms in total. The molecule has 0 radical (unpaired) electrons. The van der Waals surface area contributed by atoms with Crippen LogP contribution in [0.25, 0.3) is 0 Å². The Bertz CT molecular complexity index is 123. The first-order chi connectivity index (χ1) is 5.26. The van der Waals surface area contributed by atoms with Gasteiger partial charge in [0.2, 0.25) is 0 Å². The summed E-state index contributed by atoms with van der Waals surface area (Å²) >= 11 is 0. The van der Waals surface area contributed by atoms with E-state index in [1.54, 1.807) is 13.0 Å². The van der Waals surface area contributed by atoms with Crippen LogP contribution in [0.2, 0.25) is 0 Å². The second-order valence-electron chi connectivity index (χ2n) is 2.20. The molecule has 3 heteroatoms. The molecule has 0 aromatic carbocycles. The van der Waals surface area contributed by atoms with Crippen molar-refractivity contribution in [2.75, 3.05) is 6.61 Å². The van der Waals surface area contributed by atoms with Gasteiger partial charge < -0.3 is 14.6 Å². The maximum absolute atomic E-state index is 10.3. The first kappa shape index (κ1) is 10.3. The van der Waals surface area contributed by atoms with Crippen LogP contribution in [0.1, 0.15) is 13.3 Å². The van der Waals surface area contributed by atoms with E-state index < -0.39 is 12.2 Å². The van der Waals surface area contributed by atoms with Gasteiger partial charge in [0.15, 0.2) is 6.29 Å². The Morgan fingerprint density at radius 3 is 2.73 bits per heavy atom. The molecule has 0 aromatic rings. The molecule has 0 saturated heterocycles. The van der Waals surface area contributed by atoms with E-state index in [0.29, 0.717) is 19.3 Å². The minimum Gasteiger partial charge on any atom is -0.390 e. The molecule has 0 aliphatic rings. The number of aliphatic hydroxyl groups excluding tert-OH is 1. The van der Waals surface area contributed by atoms with Gasteiger partial charge in [-0.1, -0.05) is 13.0 Å². The quantitative estimate of drug-likeness (QED) is 0.453. The molecule has 0 spiro atoms. The Morgan fingerprint density at radius 2 is 2.36 bits per heavy atom. The lowest BCUT2D eigenvalue weighted by Gasteiger charge is -2.15. The number of rotatable bonds is 6. The molecular formula is C8H14O3. The Morgan fingerprint density at radius 1 is 1.73 bits per heavy atom. The molecule has 2 unspecified atom stereocenters. The van der Waals surface area contributed by atoms with Crippen LogP contribution in [0.5, 0.6) is 0 Å². The molecule has 0 fully saturated rings. The third kappa shape index (κ3) is 3.91. The van der Waals surface area contributed by atoms with Gasteiger partial charge in [-0.25, -0.2) is 0 Å². The van der Waals surface area contributed by atoms with Crippen LogP contribution in [0.4, 0.5) is 0 Å². The predicted octanol–water partition coefficient (Wildman–Crippen LogP) is 0.527. The summed E-state index contributed by atoms with van der Waals surface area (Å²) in [5, 5.41) is 9.15. The van der Waals surface area contributed by atoms with Crippen LogP contribution in [0, 0.1) is 0 Å². The van der Waals surface area contributed by atoms with Crippen LogP contribution < -0.4 is 0 Å². The van der Waals surface area contributed by atoms with Gasteiger partial charge in [-0.2, -0.15) is 0 Å². The lowest BCUT2D eigenvalue weighted by atomic mass is 10.2. The third-order valence-electron chi connectivity index (χ3n) is 1.34. The van der Waals surface area contributed by atoms with E-state index in [9.17, 15) is 4.79 Å². The summed E-state index contributed by atoms with van der Waals surface area (Å²) < 4.78 is 4.96. The minimum absolute atomic E-state index is 0.292. The zero-order chi connectivity index (χ0) is 8.69. The highest BCUT2D eigenvalue weighted by atomic mass is 16.5. The highest BCUT2D eigenvalue weighted by Gasteiger charge is 2.15. The normalized spacial score (nSPS) is 15.5. The van der Waals surface area contributed by atoms with E-state index in [0.717, 1.165) is 0 Å². The van der Waals surface area contributed by atoms with Crippen molar-refractivity contribution in [2.24, 2.45) is 0 Å². The van der Waals surface area contributed by atoms with Crippen molar-refractivity contribution < 1.29 is 14.6 Å². The molecule has 11 heavy (non-hydrogen) atoms. The van der Waals surface area contributed by atoms with Gasteiger partial charge >= 0.3 is 0 Å². The number of carbonyl (C=O) groups is 1. The molecular weight excluding hydrogens is 144 g/mol. The van der Waals surface area contributed by atoms with Crippen molar-refractivity contribution in [1.82, 2.24) is 0 Å². The van der Waals surface area contributed by atoms with E-state index in [1.807, 2.05) is 0 Å². The van der Waals surface area contributed by atoms with Gasteiger partial charge in [0.25, 0.3) is 0 Å². The SMILES string of the molecule is C=CCOC(C=O)C(O)CC. The second kappa shape index (κ2) is 6.07. The Balaban J connectivity index is 3.73. The Hall–Kier alpha value is -0.670. The van der Waals surface area contributed by atoms with Crippen LogP contribution >= 0.6 is 0 Å². The number of aliphatic hydroxyl groups is 1. The lowest BCUT2D eigenvalue weighted by molar-refractivity contribution is -0.124. The van der Waals surface area contributed by atoms with Gasteiger partial charge in [0, 0.05) is 0 Å². The topological polar surface area (TPSA) is 46.5 Å². The zero-order valence-electron chi connectivity index (χ0n) is 6.69. The average molecular weight is 158 g/mol. The summed E-state index contributed by atoms with van der Waals surface area (Å²) in [5.41, 5.74) is 0. The van der Waals surface area contributed by atoms with E-state index in [4.69, 9.17) is 9.84 Å². The number of hydrogen-bond donors (Lipinski definition) is 1. The van der Waals surface area contributed by atoms with Gasteiger partial charge in [0.1, 0.15) is 6.10 Å². The molecule has 0 saturated carbocycles. The van der Waals surface area contributed by atoms with Crippen molar-refractivity contribution in [2.45, 2.75) is 25.6 Å². The Kier molecular flexibility index (Phi) is 5.70. The molecule has 0 aliphatic carbocycles. The van der Waals surface area contributed by atoms with Crippen molar-refractivity contribution in [3.63, 3.8) is 0 Å². The average Bonchev–Trinajstić information content (AvgIpc) is 2.05. The van der Waals surface area contributed by atoms with Crippen LogP contribution in [0.15, 0.2) is 12.7 Å². The predicted molar refractivity (Wildman–Crippen MR) is 42.3 cm³/mol. The van der Waals surface area contributed by atoms with Crippen LogP contribution in [0.3, 0.4) is 0 Å². The van der Waals surface area contributed by atoms with Gasteiger partial charge in [0.05, 0.1) is 12.7 Å². The van der Waals surface area contributed by atoms with Gasteiger partial charge in [-0.05, 0) is 6.42 Å². The summed E-state index contributed by atoms with van der Waals surface area (Å²) in [6.45, 7) is 5.51. The van der Waals surface area contributed by atoms with E-state index in [-0.39, 0.29) is 0 Å². The van der Waals surface area contributed by atoms with Gasteiger partial charge in [-0.15, -0.1) is 6.58 Å². The molecule has 0 rings (SSSR count). The molecule has 1 N–H and O–H groups in total.